The minimum atomic E-state index is 0. The Morgan fingerprint density at radius 1 is 0.553 bits per heavy atom. The average Bonchev–Trinajstić information content (AvgIpc) is 3.38. The van der Waals surface area contributed by atoms with E-state index in [2.05, 4.69) is 46.4 Å². The van der Waals surface area contributed by atoms with Gasteiger partial charge >= 0.3 is 0 Å². The van der Waals surface area contributed by atoms with E-state index in [1.165, 1.54) is 11.1 Å². The summed E-state index contributed by atoms with van der Waals surface area (Å²) in [4.78, 5) is 8.78. The molecule has 0 bridgehead atoms. The maximum absolute atomic E-state index is 5.97. The number of furan rings is 1. The van der Waals surface area contributed by atoms with Gasteiger partial charge < -0.3 is 14.4 Å². The van der Waals surface area contributed by atoms with Crippen molar-refractivity contribution in [3.8, 4) is 33.6 Å². The largest absolute Gasteiger partial charge is 0.501 e. The van der Waals surface area contributed by atoms with Crippen molar-refractivity contribution < 1.29 is 24.5 Å². The molecule has 185 valence electrons. The van der Waals surface area contributed by atoms with Crippen LogP contribution in [-0.2, 0) is 20.1 Å². The molecule has 0 unspecified atom stereocenters. The Morgan fingerprint density at radius 2 is 1.34 bits per heavy atom. The van der Waals surface area contributed by atoms with Crippen molar-refractivity contribution in [2.75, 3.05) is 0 Å². The van der Waals surface area contributed by atoms with Crippen molar-refractivity contribution in [3.63, 3.8) is 0 Å². The second-order valence-electron chi connectivity index (χ2n) is 8.48. The Hall–Kier alpha value is -4.37. The van der Waals surface area contributed by atoms with E-state index in [9.17, 15) is 0 Å². The van der Waals surface area contributed by atoms with Gasteiger partial charge in [-0.05, 0) is 40.7 Å². The van der Waals surface area contributed by atoms with Crippen LogP contribution in [-0.4, -0.2) is 9.97 Å². The fourth-order valence-electron chi connectivity index (χ4n) is 4.33. The van der Waals surface area contributed by atoms with Crippen molar-refractivity contribution >= 4 is 21.9 Å². The molecule has 3 aromatic heterocycles. The van der Waals surface area contributed by atoms with Crippen LogP contribution in [0, 0.1) is 12.1 Å². The van der Waals surface area contributed by atoms with Gasteiger partial charge in [-0.1, -0.05) is 77.7 Å². The van der Waals surface area contributed by atoms with Crippen molar-refractivity contribution in [2.45, 2.75) is 0 Å². The van der Waals surface area contributed by atoms with Gasteiger partial charge in [0.05, 0.1) is 5.58 Å². The van der Waals surface area contributed by atoms with Gasteiger partial charge in [-0.3, -0.25) is 0 Å². The van der Waals surface area contributed by atoms with Crippen LogP contribution in [0.4, 0.5) is 0 Å². The van der Waals surface area contributed by atoms with E-state index in [-0.39, 0.29) is 20.1 Å². The topological polar surface area (TPSA) is 38.9 Å². The summed E-state index contributed by atoms with van der Waals surface area (Å²) in [5, 5.41) is 2.23. The third-order valence-electron chi connectivity index (χ3n) is 6.11. The first-order chi connectivity index (χ1) is 18.4. The maximum atomic E-state index is 5.97. The molecule has 0 atom stereocenters. The van der Waals surface area contributed by atoms with E-state index in [4.69, 9.17) is 4.42 Å². The summed E-state index contributed by atoms with van der Waals surface area (Å²) in [6.07, 6.45) is 3.63. The zero-order valence-electron chi connectivity index (χ0n) is 20.3. The Bertz CT molecular complexity index is 1710. The summed E-state index contributed by atoms with van der Waals surface area (Å²) < 4.78 is 5.97. The normalized spacial score (nSPS) is 10.4. The summed E-state index contributed by atoms with van der Waals surface area (Å²) in [5.74, 6) is 0. The minimum absolute atomic E-state index is 0. The van der Waals surface area contributed by atoms with Crippen LogP contribution in [0.5, 0.6) is 0 Å². The van der Waals surface area contributed by atoms with Crippen LogP contribution >= 0.6 is 0 Å². The predicted molar refractivity (Wildman–Crippen MR) is 150 cm³/mol. The zero-order valence-corrected chi connectivity index (χ0v) is 22.7. The van der Waals surface area contributed by atoms with Gasteiger partial charge in [0, 0.05) is 37.9 Å². The number of para-hydroxylation sites is 1. The SMILES string of the molecule is [Ir].[c-]1ccc2c(oc3ccccc32)c1-c1ccccn1.[c-]1ccccc1-c1cc(-c2ccccc2)ccn1. The number of fused-ring (bicyclic) bond motifs is 3. The molecule has 4 aromatic carbocycles. The number of nitrogens with zero attached hydrogens (tertiary/aromatic N) is 2. The molecule has 0 amide bonds. The summed E-state index contributed by atoms with van der Waals surface area (Å²) in [7, 11) is 0. The number of pyridine rings is 2. The first-order valence-electron chi connectivity index (χ1n) is 12.1. The van der Waals surface area contributed by atoms with Crippen LogP contribution in [0.3, 0.4) is 0 Å². The molecule has 3 heterocycles. The number of hydrogen-bond donors (Lipinski definition) is 0. The molecular weight excluding hydrogens is 645 g/mol. The molecule has 0 spiro atoms. The number of benzene rings is 4. The summed E-state index contributed by atoms with van der Waals surface area (Å²) in [6.45, 7) is 0. The van der Waals surface area contributed by atoms with E-state index in [0.29, 0.717) is 0 Å². The number of aromatic nitrogens is 2. The van der Waals surface area contributed by atoms with Crippen molar-refractivity contribution in [2.24, 2.45) is 0 Å². The first kappa shape index (κ1) is 25.3. The molecular formula is C34H22IrN2O-2. The van der Waals surface area contributed by atoms with E-state index >= 15 is 0 Å². The molecule has 0 aliphatic heterocycles. The van der Waals surface area contributed by atoms with Crippen LogP contribution in [0.15, 0.2) is 138 Å². The van der Waals surface area contributed by atoms with Crippen molar-refractivity contribution in [3.05, 3.63) is 146 Å². The second-order valence-corrected chi connectivity index (χ2v) is 8.48. The standard InChI is InChI=1S/C17H10NO.C17H12N.Ir/c1-2-10-16-12(6-1)13-7-5-8-14(17(13)19-16)15-9-3-4-11-18-15;1-3-7-14(8-4-1)16-11-12-18-17(13-16)15-9-5-2-6-10-15;/h1-7,9-11H;1-9,11-13H;/q2*-1;. The quantitative estimate of drug-likeness (QED) is 0.177. The molecule has 7 aromatic rings. The monoisotopic (exact) mass is 667 g/mol. The predicted octanol–water partition coefficient (Wildman–Crippen LogP) is 8.66. The van der Waals surface area contributed by atoms with Gasteiger partial charge in [0.25, 0.3) is 0 Å². The minimum Gasteiger partial charge on any atom is -0.501 e. The average molecular weight is 667 g/mol. The zero-order chi connectivity index (χ0) is 24.9. The molecule has 38 heavy (non-hydrogen) atoms. The van der Waals surface area contributed by atoms with E-state index < -0.39 is 0 Å². The third kappa shape index (κ3) is 5.33. The molecule has 0 saturated carbocycles. The molecule has 1 radical (unpaired) electrons. The molecule has 4 heteroatoms. The van der Waals surface area contributed by atoms with Crippen molar-refractivity contribution in [1.82, 2.24) is 9.97 Å². The van der Waals surface area contributed by atoms with Crippen LogP contribution in [0.25, 0.3) is 55.6 Å². The molecule has 0 aliphatic rings. The van der Waals surface area contributed by atoms with Crippen molar-refractivity contribution in [1.29, 1.82) is 0 Å². The first-order valence-corrected chi connectivity index (χ1v) is 12.1. The van der Waals surface area contributed by atoms with E-state index in [0.717, 1.165) is 44.5 Å². The van der Waals surface area contributed by atoms with Crippen LogP contribution in [0.1, 0.15) is 0 Å². The number of rotatable bonds is 3. The Labute approximate surface area is 235 Å². The summed E-state index contributed by atoms with van der Waals surface area (Å²) >= 11 is 0. The van der Waals surface area contributed by atoms with E-state index in [1.807, 2.05) is 103 Å². The van der Waals surface area contributed by atoms with Gasteiger partial charge in [0.15, 0.2) is 0 Å². The fraction of sp³-hybridized carbons (Fsp3) is 0. The van der Waals surface area contributed by atoms with Gasteiger partial charge in [-0.25, -0.2) is 0 Å². The van der Waals surface area contributed by atoms with Gasteiger partial charge in [0.2, 0.25) is 0 Å². The molecule has 3 nitrogen and oxygen atoms in total. The molecule has 0 fully saturated rings. The Morgan fingerprint density at radius 3 is 2.16 bits per heavy atom. The fourth-order valence-corrected chi connectivity index (χ4v) is 4.33. The van der Waals surface area contributed by atoms with Gasteiger partial charge in [0.1, 0.15) is 5.58 Å². The smallest absolute Gasteiger partial charge is 0.120 e. The molecule has 7 rings (SSSR count). The Kier molecular flexibility index (Phi) is 7.84. The van der Waals surface area contributed by atoms with Gasteiger partial charge in [-0.2, -0.15) is 0 Å². The second kappa shape index (κ2) is 11.8. The Balaban J connectivity index is 0.000000151. The molecule has 0 N–H and O–H groups in total. The maximum Gasteiger partial charge on any atom is 0.120 e. The summed E-state index contributed by atoms with van der Waals surface area (Å²) in [6, 6.07) is 46.7. The van der Waals surface area contributed by atoms with E-state index in [1.54, 1.807) is 6.20 Å². The molecule has 0 saturated heterocycles. The number of hydrogen-bond acceptors (Lipinski definition) is 3. The van der Waals surface area contributed by atoms with Gasteiger partial charge in [-0.15, -0.1) is 54.1 Å². The van der Waals surface area contributed by atoms with Crippen LogP contribution in [0.2, 0.25) is 0 Å². The summed E-state index contributed by atoms with van der Waals surface area (Å²) in [5.41, 5.74) is 7.90. The van der Waals surface area contributed by atoms with Crippen LogP contribution < -0.4 is 0 Å². The third-order valence-corrected chi connectivity index (χ3v) is 6.11. The molecule has 0 aliphatic carbocycles.